The normalized spacial score (nSPS) is 16.2. The summed E-state index contributed by atoms with van der Waals surface area (Å²) in [6.07, 6.45) is 1.58. The Kier molecular flexibility index (Phi) is 3.62. The SMILES string of the molecule is CCC(CCBr)N1C(=O)c2ccccc2C1=O. The topological polar surface area (TPSA) is 37.4 Å². The first kappa shape index (κ1) is 12.3. The minimum atomic E-state index is -0.154. The summed E-state index contributed by atoms with van der Waals surface area (Å²) < 4.78 is 0. The molecule has 17 heavy (non-hydrogen) atoms. The number of hydrogen-bond acceptors (Lipinski definition) is 2. The quantitative estimate of drug-likeness (QED) is 0.633. The number of rotatable bonds is 4. The fourth-order valence-corrected chi connectivity index (χ4v) is 2.71. The predicted molar refractivity (Wildman–Crippen MR) is 69.4 cm³/mol. The molecule has 0 saturated heterocycles. The highest BCUT2D eigenvalue weighted by atomic mass is 79.9. The molecule has 90 valence electrons. The molecule has 3 nitrogen and oxygen atoms in total. The Balaban J connectivity index is 2.35. The fraction of sp³-hybridized carbons (Fsp3) is 0.385. The van der Waals surface area contributed by atoms with E-state index in [4.69, 9.17) is 0 Å². The van der Waals surface area contributed by atoms with Crippen LogP contribution in [0, 0.1) is 0 Å². The van der Waals surface area contributed by atoms with Gasteiger partial charge in [0.2, 0.25) is 0 Å². The third-order valence-electron chi connectivity index (χ3n) is 3.10. The average molecular weight is 296 g/mol. The molecular weight excluding hydrogens is 282 g/mol. The van der Waals surface area contributed by atoms with E-state index in [1.807, 2.05) is 6.92 Å². The molecule has 0 saturated carbocycles. The van der Waals surface area contributed by atoms with E-state index < -0.39 is 0 Å². The van der Waals surface area contributed by atoms with E-state index in [0.29, 0.717) is 11.1 Å². The first-order valence-electron chi connectivity index (χ1n) is 5.73. The van der Waals surface area contributed by atoms with Crippen molar-refractivity contribution in [2.75, 3.05) is 5.33 Å². The van der Waals surface area contributed by atoms with E-state index in [1.54, 1.807) is 24.3 Å². The van der Waals surface area contributed by atoms with Gasteiger partial charge in [-0.25, -0.2) is 0 Å². The first-order chi connectivity index (χ1) is 8.20. The number of halogens is 1. The molecule has 0 aliphatic carbocycles. The van der Waals surface area contributed by atoms with Gasteiger partial charge in [-0.1, -0.05) is 35.0 Å². The van der Waals surface area contributed by atoms with Gasteiger partial charge in [0.05, 0.1) is 11.1 Å². The minimum absolute atomic E-state index is 0.0122. The Bertz CT molecular complexity index is 423. The number of benzene rings is 1. The lowest BCUT2D eigenvalue weighted by molar-refractivity contribution is 0.0577. The molecule has 1 aliphatic heterocycles. The van der Waals surface area contributed by atoms with Gasteiger partial charge in [0.1, 0.15) is 0 Å². The summed E-state index contributed by atoms with van der Waals surface area (Å²) in [5.74, 6) is -0.309. The molecule has 0 fully saturated rings. The molecular formula is C13H14BrNO2. The van der Waals surface area contributed by atoms with Crippen molar-refractivity contribution >= 4 is 27.7 Å². The Morgan fingerprint density at radius 3 is 2.12 bits per heavy atom. The largest absolute Gasteiger partial charge is 0.271 e. The lowest BCUT2D eigenvalue weighted by Crippen LogP contribution is -2.39. The van der Waals surface area contributed by atoms with Crippen LogP contribution in [0.15, 0.2) is 24.3 Å². The maximum atomic E-state index is 12.2. The summed E-state index contributed by atoms with van der Waals surface area (Å²) in [4.78, 5) is 25.8. The van der Waals surface area contributed by atoms with E-state index in [-0.39, 0.29) is 17.9 Å². The molecule has 0 radical (unpaired) electrons. The van der Waals surface area contributed by atoms with Crippen LogP contribution in [0.25, 0.3) is 0 Å². The Morgan fingerprint density at radius 1 is 1.18 bits per heavy atom. The second kappa shape index (κ2) is 5.00. The van der Waals surface area contributed by atoms with E-state index in [9.17, 15) is 9.59 Å². The van der Waals surface area contributed by atoms with Gasteiger partial charge in [-0.05, 0) is 25.0 Å². The van der Waals surface area contributed by atoms with Gasteiger partial charge in [-0.15, -0.1) is 0 Å². The van der Waals surface area contributed by atoms with Crippen LogP contribution < -0.4 is 0 Å². The van der Waals surface area contributed by atoms with Gasteiger partial charge < -0.3 is 0 Å². The number of carbonyl (C=O) groups is 2. The van der Waals surface area contributed by atoms with Gasteiger partial charge in [-0.3, -0.25) is 14.5 Å². The molecule has 0 N–H and O–H groups in total. The van der Waals surface area contributed by atoms with Crippen molar-refractivity contribution in [3.05, 3.63) is 35.4 Å². The van der Waals surface area contributed by atoms with Gasteiger partial charge in [0, 0.05) is 11.4 Å². The smallest absolute Gasteiger partial charge is 0.261 e. The van der Waals surface area contributed by atoms with E-state index in [1.165, 1.54) is 4.90 Å². The molecule has 2 rings (SSSR count). The molecule has 0 aromatic heterocycles. The van der Waals surface area contributed by atoms with Crippen LogP contribution in [0.4, 0.5) is 0 Å². The molecule has 1 heterocycles. The maximum Gasteiger partial charge on any atom is 0.261 e. The lowest BCUT2D eigenvalue weighted by Gasteiger charge is -2.24. The van der Waals surface area contributed by atoms with Crippen LogP contribution >= 0.6 is 15.9 Å². The van der Waals surface area contributed by atoms with E-state index >= 15 is 0 Å². The fourth-order valence-electron chi connectivity index (χ4n) is 2.18. The highest BCUT2D eigenvalue weighted by Crippen LogP contribution is 2.26. The van der Waals surface area contributed by atoms with Crippen LogP contribution in [0.2, 0.25) is 0 Å². The first-order valence-corrected chi connectivity index (χ1v) is 6.85. The molecule has 2 amide bonds. The van der Waals surface area contributed by atoms with Crippen molar-refractivity contribution in [3.63, 3.8) is 0 Å². The summed E-state index contributed by atoms with van der Waals surface area (Å²) in [5, 5.41) is 0.791. The van der Waals surface area contributed by atoms with Gasteiger partial charge >= 0.3 is 0 Å². The number of alkyl halides is 1. The second-order valence-electron chi connectivity index (χ2n) is 4.07. The predicted octanol–water partition coefficient (Wildman–Crippen LogP) is 2.85. The molecule has 0 spiro atoms. The van der Waals surface area contributed by atoms with Crippen molar-refractivity contribution in [2.24, 2.45) is 0 Å². The number of amides is 2. The molecule has 1 aliphatic rings. The second-order valence-corrected chi connectivity index (χ2v) is 4.86. The highest BCUT2D eigenvalue weighted by Gasteiger charge is 2.38. The summed E-state index contributed by atoms with van der Waals surface area (Å²) in [5.41, 5.74) is 1.07. The number of carbonyl (C=O) groups excluding carboxylic acids is 2. The highest BCUT2D eigenvalue weighted by molar-refractivity contribution is 9.09. The standard InChI is InChI=1S/C13H14BrNO2/c1-2-9(7-8-14)15-12(16)10-5-3-4-6-11(10)13(15)17/h3-6,9H,2,7-8H2,1H3. The van der Waals surface area contributed by atoms with Crippen LogP contribution in [-0.4, -0.2) is 28.1 Å². The molecule has 1 atom stereocenters. The van der Waals surface area contributed by atoms with Crippen molar-refractivity contribution in [1.82, 2.24) is 4.90 Å². The third kappa shape index (κ3) is 2.02. The number of fused-ring (bicyclic) bond motifs is 1. The van der Waals surface area contributed by atoms with Crippen molar-refractivity contribution in [2.45, 2.75) is 25.8 Å². The number of hydrogen-bond donors (Lipinski definition) is 0. The zero-order valence-corrected chi connectivity index (χ0v) is 11.2. The molecule has 1 aromatic rings. The van der Waals surface area contributed by atoms with Crippen LogP contribution in [-0.2, 0) is 0 Å². The Morgan fingerprint density at radius 2 is 1.71 bits per heavy atom. The van der Waals surface area contributed by atoms with Crippen LogP contribution in [0.3, 0.4) is 0 Å². The van der Waals surface area contributed by atoms with Gasteiger partial charge in [0.25, 0.3) is 11.8 Å². The van der Waals surface area contributed by atoms with Gasteiger partial charge in [-0.2, -0.15) is 0 Å². The van der Waals surface area contributed by atoms with Crippen molar-refractivity contribution in [1.29, 1.82) is 0 Å². The molecule has 0 bridgehead atoms. The van der Waals surface area contributed by atoms with Crippen LogP contribution in [0.1, 0.15) is 40.5 Å². The Hall–Kier alpha value is -1.16. The zero-order valence-electron chi connectivity index (χ0n) is 9.65. The van der Waals surface area contributed by atoms with E-state index in [2.05, 4.69) is 15.9 Å². The summed E-state index contributed by atoms with van der Waals surface area (Å²) in [6.45, 7) is 2.00. The molecule has 1 unspecified atom stereocenters. The molecule has 4 heteroatoms. The summed E-state index contributed by atoms with van der Waals surface area (Å²) >= 11 is 3.36. The minimum Gasteiger partial charge on any atom is -0.271 e. The molecule has 1 aromatic carbocycles. The number of imide groups is 1. The van der Waals surface area contributed by atoms with Crippen LogP contribution in [0.5, 0.6) is 0 Å². The summed E-state index contributed by atoms with van der Waals surface area (Å²) in [7, 11) is 0. The average Bonchev–Trinajstić information content (AvgIpc) is 2.61. The lowest BCUT2D eigenvalue weighted by atomic mass is 10.1. The monoisotopic (exact) mass is 295 g/mol. The Labute approximate surface area is 109 Å². The maximum absolute atomic E-state index is 12.2. The van der Waals surface area contributed by atoms with Crippen molar-refractivity contribution < 1.29 is 9.59 Å². The van der Waals surface area contributed by atoms with Gasteiger partial charge in [0.15, 0.2) is 0 Å². The van der Waals surface area contributed by atoms with Crippen molar-refractivity contribution in [3.8, 4) is 0 Å². The zero-order chi connectivity index (χ0) is 12.4. The summed E-state index contributed by atoms with van der Waals surface area (Å²) in [6, 6.07) is 7.01. The third-order valence-corrected chi connectivity index (χ3v) is 3.56. The number of nitrogens with zero attached hydrogens (tertiary/aromatic N) is 1. The van der Waals surface area contributed by atoms with E-state index in [0.717, 1.165) is 18.2 Å².